The maximum absolute atomic E-state index is 6.52. The number of tetrazole rings is 1. The Hall–Kier alpha value is -1.90. The van der Waals surface area contributed by atoms with Gasteiger partial charge in [0.05, 0.1) is 26.9 Å². The van der Waals surface area contributed by atoms with E-state index >= 15 is 0 Å². The number of nitrogens with zero attached hydrogens (tertiary/aromatic N) is 5. The molecule has 1 atom stereocenters. The highest BCUT2D eigenvalue weighted by molar-refractivity contribution is 6.31. The highest BCUT2D eigenvalue weighted by Crippen LogP contribution is 2.35. The van der Waals surface area contributed by atoms with Gasteiger partial charge in [-0.1, -0.05) is 18.5 Å². The predicted molar refractivity (Wildman–Crippen MR) is 101 cm³/mol. The Balaban J connectivity index is 1.72. The molecule has 0 aliphatic carbocycles. The molecule has 0 bridgehead atoms. The minimum atomic E-state index is -0.190. The first-order valence-corrected chi connectivity index (χ1v) is 9.64. The molecule has 0 saturated carbocycles. The molecule has 1 saturated heterocycles. The maximum Gasteiger partial charge on any atom is 0.204 e. The minimum Gasteiger partial charge on any atom is -0.490 e. The average Bonchev–Trinajstić information content (AvgIpc) is 3.10. The standard InChI is InChI=1S/C18H26ClN5O3/c1-4-7-26-16-10-14(19)13(9-15(16)25-5-2)11-24-6-8-27-17(12-24)18-20-22-23(3)21-18/h9-10,17H,4-8,11-12H2,1-3H3. The fraction of sp³-hybridized carbons (Fsp3) is 0.611. The van der Waals surface area contributed by atoms with E-state index in [9.17, 15) is 0 Å². The Labute approximate surface area is 164 Å². The van der Waals surface area contributed by atoms with Crippen molar-refractivity contribution in [1.82, 2.24) is 25.1 Å². The monoisotopic (exact) mass is 395 g/mol. The molecule has 0 amide bonds. The van der Waals surface area contributed by atoms with Crippen LogP contribution in [-0.4, -0.2) is 58.0 Å². The average molecular weight is 396 g/mol. The molecule has 148 valence electrons. The summed E-state index contributed by atoms with van der Waals surface area (Å²) in [6.45, 7) is 8.01. The third-order valence-electron chi connectivity index (χ3n) is 4.23. The zero-order valence-corrected chi connectivity index (χ0v) is 16.8. The molecule has 9 heteroatoms. The van der Waals surface area contributed by atoms with E-state index in [1.165, 1.54) is 4.80 Å². The van der Waals surface area contributed by atoms with Crippen LogP contribution in [0.3, 0.4) is 0 Å². The van der Waals surface area contributed by atoms with E-state index in [2.05, 4.69) is 27.2 Å². The summed E-state index contributed by atoms with van der Waals surface area (Å²) in [5.74, 6) is 2.02. The van der Waals surface area contributed by atoms with Gasteiger partial charge in [-0.05, 0) is 30.2 Å². The lowest BCUT2D eigenvalue weighted by Crippen LogP contribution is -2.38. The summed E-state index contributed by atoms with van der Waals surface area (Å²) in [5.41, 5.74) is 0.997. The fourth-order valence-electron chi connectivity index (χ4n) is 2.96. The Bertz CT molecular complexity index is 755. The quantitative estimate of drug-likeness (QED) is 0.680. The van der Waals surface area contributed by atoms with Crippen molar-refractivity contribution in [3.05, 3.63) is 28.5 Å². The van der Waals surface area contributed by atoms with Crippen LogP contribution in [0.5, 0.6) is 11.5 Å². The molecule has 1 unspecified atom stereocenters. The number of halogens is 1. The predicted octanol–water partition coefficient (Wildman–Crippen LogP) is 2.62. The number of aryl methyl sites for hydroxylation is 1. The van der Waals surface area contributed by atoms with Crippen LogP contribution in [0.2, 0.25) is 5.02 Å². The van der Waals surface area contributed by atoms with E-state index in [0.29, 0.717) is 49.5 Å². The molecule has 1 aliphatic heterocycles. The summed E-state index contributed by atoms with van der Waals surface area (Å²) < 4.78 is 17.3. The van der Waals surface area contributed by atoms with Gasteiger partial charge in [-0.2, -0.15) is 4.80 Å². The Kier molecular flexibility index (Phi) is 6.87. The zero-order valence-electron chi connectivity index (χ0n) is 16.0. The summed E-state index contributed by atoms with van der Waals surface area (Å²) in [4.78, 5) is 3.71. The van der Waals surface area contributed by atoms with Crippen molar-refractivity contribution in [2.24, 2.45) is 7.05 Å². The van der Waals surface area contributed by atoms with E-state index in [0.717, 1.165) is 24.3 Å². The number of ether oxygens (including phenoxy) is 3. The molecule has 27 heavy (non-hydrogen) atoms. The van der Waals surface area contributed by atoms with Crippen molar-refractivity contribution in [3.8, 4) is 11.5 Å². The van der Waals surface area contributed by atoms with Crippen LogP contribution >= 0.6 is 11.6 Å². The molecule has 0 spiro atoms. The topological polar surface area (TPSA) is 74.5 Å². The van der Waals surface area contributed by atoms with Gasteiger partial charge in [0.2, 0.25) is 5.82 Å². The Morgan fingerprint density at radius 1 is 1.26 bits per heavy atom. The maximum atomic E-state index is 6.52. The van der Waals surface area contributed by atoms with Gasteiger partial charge in [-0.15, -0.1) is 10.2 Å². The largest absolute Gasteiger partial charge is 0.490 e. The summed E-state index contributed by atoms with van der Waals surface area (Å²) in [6.07, 6.45) is 0.737. The van der Waals surface area contributed by atoms with Gasteiger partial charge in [0.1, 0.15) is 6.10 Å². The number of benzene rings is 1. The van der Waals surface area contributed by atoms with Gasteiger partial charge in [0, 0.05) is 30.7 Å². The second-order valence-electron chi connectivity index (χ2n) is 6.40. The van der Waals surface area contributed by atoms with Crippen LogP contribution in [0.4, 0.5) is 0 Å². The van der Waals surface area contributed by atoms with Crippen molar-refractivity contribution in [3.63, 3.8) is 0 Å². The van der Waals surface area contributed by atoms with Gasteiger partial charge in [-0.25, -0.2) is 0 Å². The van der Waals surface area contributed by atoms with Crippen molar-refractivity contribution < 1.29 is 14.2 Å². The summed E-state index contributed by atoms with van der Waals surface area (Å²) in [6, 6.07) is 3.82. The highest BCUT2D eigenvalue weighted by atomic mass is 35.5. The summed E-state index contributed by atoms with van der Waals surface area (Å²) in [5, 5.41) is 12.9. The number of morpholine rings is 1. The molecule has 2 aromatic rings. The number of aromatic nitrogens is 4. The summed E-state index contributed by atoms with van der Waals surface area (Å²) >= 11 is 6.52. The van der Waals surface area contributed by atoms with Crippen LogP contribution in [0.1, 0.15) is 37.8 Å². The third-order valence-corrected chi connectivity index (χ3v) is 4.58. The van der Waals surface area contributed by atoms with Crippen LogP contribution in [0, 0.1) is 0 Å². The lowest BCUT2D eigenvalue weighted by atomic mass is 10.1. The van der Waals surface area contributed by atoms with E-state index in [4.69, 9.17) is 25.8 Å². The van der Waals surface area contributed by atoms with Gasteiger partial charge in [0.15, 0.2) is 11.5 Å². The smallest absolute Gasteiger partial charge is 0.204 e. The molecule has 0 radical (unpaired) electrons. The van der Waals surface area contributed by atoms with Crippen LogP contribution < -0.4 is 9.47 Å². The first-order valence-electron chi connectivity index (χ1n) is 9.26. The van der Waals surface area contributed by atoms with Gasteiger partial charge >= 0.3 is 0 Å². The number of hydrogen-bond donors (Lipinski definition) is 0. The summed E-state index contributed by atoms with van der Waals surface area (Å²) in [7, 11) is 1.74. The molecule has 2 heterocycles. The van der Waals surface area contributed by atoms with Crippen molar-refractivity contribution >= 4 is 11.6 Å². The number of hydrogen-bond acceptors (Lipinski definition) is 7. The molecular formula is C18H26ClN5O3. The SMILES string of the molecule is CCCOc1cc(Cl)c(CN2CCOC(c3nnn(C)n3)C2)cc1OCC. The molecule has 1 fully saturated rings. The molecule has 1 aromatic heterocycles. The first kappa shape index (κ1) is 19.9. The normalized spacial score (nSPS) is 17.9. The van der Waals surface area contributed by atoms with Gasteiger partial charge in [0.25, 0.3) is 0 Å². The molecule has 1 aromatic carbocycles. The van der Waals surface area contributed by atoms with Crippen molar-refractivity contribution in [2.45, 2.75) is 32.9 Å². The van der Waals surface area contributed by atoms with E-state index < -0.39 is 0 Å². The number of rotatable bonds is 8. The van der Waals surface area contributed by atoms with Gasteiger partial charge in [-0.3, -0.25) is 4.90 Å². The molecular weight excluding hydrogens is 370 g/mol. The second kappa shape index (κ2) is 9.34. The van der Waals surface area contributed by atoms with Crippen LogP contribution in [0.15, 0.2) is 12.1 Å². The lowest BCUT2D eigenvalue weighted by molar-refractivity contribution is -0.0373. The van der Waals surface area contributed by atoms with E-state index in [1.54, 1.807) is 7.05 Å². The Morgan fingerprint density at radius 3 is 2.78 bits per heavy atom. The van der Waals surface area contributed by atoms with E-state index in [1.807, 2.05) is 19.1 Å². The molecule has 0 N–H and O–H groups in total. The first-order chi connectivity index (χ1) is 13.1. The molecule has 3 rings (SSSR count). The van der Waals surface area contributed by atoms with E-state index in [-0.39, 0.29) is 6.10 Å². The second-order valence-corrected chi connectivity index (χ2v) is 6.81. The third kappa shape index (κ3) is 5.09. The zero-order chi connectivity index (χ0) is 19.2. The Morgan fingerprint density at radius 2 is 2.07 bits per heavy atom. The molecule has 8 nitrogen and oxygen atoms in total. The van der Waals surface area contributed by atoms with Crippen LogP contribution in [0.25, 0.3) is 0 Å². The molecule has 1 aliphatic rings. The van der Waals surface area contributed by atoms with Crippen LogP contribution in [-0.2, 0) is 18.3 Å². The fourth-order valence-corrected chi connectivity index (χ4v) is 3.18. The van der Waals surface area contributed by atoms with Crippen molar-refractivity contribution in [1.29, 1.82) is 0 Å². The van der Waals surface area contributed by atoms with Crippen molar-refractivity contribution in [2.75, 3.05) is 32.9 Å². The minimum absolute atomic E-state index is 0.190. The van der Waals surface area contributed by atoms with Gasteiger partial charge < -0.3 is 14.2 Å². The highest BCUT2D eigenvalue weighted by Gasteiger charge is 2.26. The lowest BCUT2D eigenvalue weighted by Gasteiger charge is -2.31.